The molecule has 0 saturated carbocycles. The molecular formula is C13H13BrO4. The monoisotopic (exact) mass is 312 g/mol. The summed E-state index contributed by atoms with van der Waals surface area (Å²) in [7, 11) is 0. The fraction of sp³-hybridized carbons (Fsp3) is 0.231. The molecule has 0 radical (unpaired) electrons. The fourth-order valence-electron chi connectivity index (χ4n) is 1.23. The minimum Gasteiger partial charge on any atom is -0.463 e. The van der Waals surface area contributed by atoms with Gasteiger partial charge in [0.05, 0.1) is 17.2 Å². The lowest BCUT2D eigenvalue weighted by atomic mass is 10.2. The maximum Gasteiger partial charge on any atom is 0.334 e. The third-order valence-corrected chi connectivity index (χ3v) is 2.59. The largest absolute Gasteiger partial charge is 0.463 e. The van der Waals surface area contributed by atoms with Crippen LogP contribution in [-0.2, 0) is 9.53 Å². The molecule has 1 aromatic rings. The predicted molar refractivity (Wildman–Crippen MR) is 70.5 cm³/mol. The van der Waals surface area contributed by atoms with Crippen molar-refractivity contribution >= 4 is 28.2 Å². The molecule has 1 rings (SSSR count). The van der Waals surface area contributed by atoms with Crippen molar-refractivity contribution in [2.24, 2.45) is 0 Å². The molecule has 96 valence electrons. The number of aldehydes is 1. The van der Waals surface area contributed by atoms with Gasteiger partial charge in [-0.15, -0.1) is 0 Å². The van der Waals surface area contributed by atoms with Crippen molar-refractivity contribution in [3.8, 4) is 5.75 Å². The van der Waals surface area contributed by atoms with E-state index in [4.69, 9.17) is 9.47 Å². The Morgan fingerprint density at radius 2 is 2.17 bits per heavy atom. The summed E-state index contributed by atoms with van der Waals surface area (Å²) in [6.45, 7) is 3.70. The van der Waals surface area contributed by atoms with Crippen molar-refractivity contribution in [1.29, 1.82) is 0 Å². The zero-order chi connectivity index (χ0) is 13.5. The van der Waals surface area contributed by atoms with Crippen LogP contribution in [-0.4, -0.2) is 18.9 Å². The lowest BCUT2D eigenvalue weighted by molar-refractivity contribution is -0.137. The Balaban J connectivity index is 2.78. The van der Waals surface area contributed by atoms with Gasteiger partial charge < -0.3 is 9.47 Å². The Bertz CT molecular complexity index is 480. The van der Waals surface area contributed by atoms with E-state index in [1.54, 1.807) is 32.0 Å². The molecule has 0 aromatic heterocycles. The summed E-state index contributed by atoms with van der Waals surface area (Å²) in [5.74, 6) is 0.488. The van der Waals surface area contributed by atoms with Crippen LogP contribution < -0.4 is 4.74 Å². The van der Waals surface area contributed by atoms with Gasteiger partial charge in [-0.05, 0) is 48.0 Å². The summed E-state index contributed by atoms with van der Waals surface area (Å²) < 4.78 is 10.9. The lowest BCUT2D eigenvalue weighted by Crippen LogP contribution is -2.03. The van der Waals surface area contributed by atoms with E-state index < -0.39 is 5.97 Å². The Kier molecular flexibility index (Phi) is 5.58. The zero-order valence-corrected chi connectivity index (χ0v) is 11.7. The lowest BCUT2D eigenvalue weighted by Gasteiger charge is -2.08. The number of hydrogen-bond acceptors (Lipinski definition) is 4. The molecular weight excluding hydrogens is 300 g/mol. The predicted octanol–water partition coefficient (Wildman–Crippen LogP) is 3.11. The first-order chi connectivity index (χ1) is 8.56. The van der Waals surface area contributed by atoms with E-state index in [1.807, 2.05) is 0 Å². The molecule has 1 aromatic carbocycles. The smallest absolute Gasteiger partial charge is 0.334 e. The molecule has 5 heteroatoms. The summed E-state index contributed by atoms with van der Waals surface area (Å²) in [6, 6.07) is 4.92. The van der Waals surface area contributed by atoms with Gasteiger partial charge in [0.15, 0.2) is 0 Å². The van der Waals surface area contributed by atoms with E-state index in [0.29, 0.717) is 28.2 Å². The summed E-state index contributed by atoms with van der Waals surface area (Å²) in [5, 5.41) is 0. The molecule has 0 unspecified atom stereocenters. The second kappa shape index (κ2) is 6.96. The van der Waals surface area contributed by atoms with Gasteiger partial charge in [-0.25, -0.2) is 4.79 Å². The average molecular weight is 313 g/mol. The molecule has 18 heavy (non-hydrogen) atoms. The minimum absolute atomic E-state index is 0.320. The van der Waals surface area contributed by atoms with Gasteiger partial charge in [-0.3, -0.25) is 4.79 Å². The Morgan fingerprint density at radius 3 is 2.72 bits per heavy atom. The van der Waals surface area contributed by atoms with Crippen LogP contribution in [0.1, 0.15) is 24.2 Å². The van der Waals surface area contributed by atoms with Gasteiger partial charge >= 0.3 is 5.97 Å². The maximum atomic E-state index is 11.2. The molecule has 0 atom stereocenters. The van der Waals surface area contributed by atoms with Crippen LogP contribution in [0.15, 0.2) is 34.5 Å². The van der Waals surface area contributed by atoms with E-state index in [1.165, 1.54) is 6.08 Å². The van der Waals surface area contributed by atoms with Crippen LogP contribution in [0.3, 0.4) is 0 Å². The normalized spacial score (nSPS) is 10.9. The van der Waals surface area contributed by atoms with Crippen LogP contribution in [0.4, 0.5) is 0 Å². The molecule has 0 fully saturated rings. The molecule has 0 N–H and O–H groups in total. The molecule has 0 saturated heterocycles. The highest BCUT2D eigenvalue weighted by Crippen LogP contribution is 2.27. The van der Waals surface area contributed by atoms with Crippen LogP contribution in [0, 0.1) is 0 Å². The van der Waals surface area contributed by atoms with Crippen molar-refractivity contribution in [3.05, 3.63) is 40.1 Å². The Labute approximate surface area is 114 Å². The quantitative estimate of drug-likeness (QED) is 0.363. The van der Waals surface area contributed by atoms with E-state index in [0.717, 1.165) is 6.29 Å². The van der Waals surface area contributed by atoms with Crippen molar-refractivity contribution in [2.45, 2.75) is 13.8 Å². The Morgan fingerprint density at radius 1 is 1.44 bits per heavy atom. The van der Waals surface area contributed by atoms with Crippen molar-refractivity contribution in [2.75, 3.05) is 6.61 Å². The summed E-state index contributed by atoms with van der Waals surface area (Å²) in [6.07, 6.45) is 2.01. The summed E-state index contributed by atoms with van der Waals surface area (Å²) >= 11 is 3.29. The molecule has 0 spiro atoms. The average Bonchev–Trinajstić information content (AvgIpc) is 2.31. The number of esters is 1. The summed E-state index contributed by atoms with van der Waals surface area (Å²) in [5.41, 5.74) is 0.543. The molecule has 0 aliphatic rings. The molecule has 4 nitrogen and oxygen atoms in total. The van der Waals surface area contributed by atoms with Crippen LogP contribution in [0.2, 0.25) is 0 Å². The number of halogens is 1. The second-order valence-electron chi connectivity index (χ2n) is 3.42. The minimum atomic E-state index is -0.448. The highest BCUT2D eigenvalue weighted by Gasteiger charge is 2.05. The highest BCUT2D eigenvalue weighted by atomic mass is 79.9. The zero-order valence-electron chi connectivity index (χ0n) is 10.1. The third kappa shape index (κ3) is 4.33. The maximum absolute atomic E-state index is 11.2. The molecule has 0 aliphatic heterocycles. The number of hydrogen-bond donors (Lipinski definition) is 0. The van der Waals surface area contributed by atoms with Gasteiger partial charge in [-0.2, -0.15) is 0 Å². The van der Waals surface area contributed by atoms with E-state index in [9.17, 15) is 9.59 Å². The summed E-state index contributed by atoms with van der Waals surface area (Å²) in [4.78, 5) is 21.8. The topological polar surface area (TPSA) is 52.6 Å². The second-order valence-corrected chi connectivity index (χ2v) is 4.27. The number of benzene rings is 1. The molecule has 0 amide bonds. The number of carbonyl (C=O) groups is 2. The first-order valence-corrected chi connectivity index (χ1v) is 6.13. The first-order valence-electron chi connectivity index (χ1n) is 5.34. The number of allylic oxidation sites excluding steroid dienone is 1. The van der Waals surface area contributed by atoms with Gasteiger partial charge in [0.2, 0.25) is 0 Å². The number of ether oxygens (including phenoxy) is 2. The molecule has 0 heterocycles. The van der Waals surface area contributed by atoms with Crippen molar-refractivity contribution in [3.63, 3.8) is 0 Å². The van der Waals surface area contributed by atoms with E-state index in [-0.39, 0.29) is 0 Å². The van der Waals surface area contributed by atoms with Crippen molar-refractivity contribution < 1.29 is 19.1 Å². The fourth-order valence-corrected chi connectivity index (χ4v) is 1.70. The van der Waals surface area contributed by atoms with Crippen LogP contribution in [0.25, 0.3) is 0 Å². The highest BCUT2D eigenvalue weighted by molar-refractivity contribution is 9.10. The van der Waals surface area contributed by atoms with Crippen LogP contribution >= 0.6 is 15.9 Å². The van der Waals surface area contributed by atoms with E-state index in [2.05, 4.69) is 15.9 Å². The van der Waals surface area contributed by atoms with Gasteiger partial charge in [-0.1, -0.05) is 0 Å². The SMILES string of the molecule is CCOC(=O)/C=C(\C)Oc1ccc(C=O)cc1Br. The Hall–Kier alpha value is -1.62. The number of carbonyl (C=O) groups excluding carboxylic acids is 2. The van der Waals surface area contributed by atoms with Gasteiger partial charge in [0, 0.05) is 5.56 Å². The van der Waals surface area contributed by atoms with Crippen LogP contribution in [0.5, 0.6) is 5.75 Å². The molecule has 0 bridgehead atoms. The third-order valence-electron chi connectivity index (χ3n) is 1.97. The van der Waals surface area contributed by atoms with Gasteiger partial charge in [0.25, 0.3) is 0 Å². The standard InChI is InChI=1S/C13H13BrO4/c1-3-17-13(16)6-9(2)18-12-5-4-10(8-15)7-11(12)14/h4-8H,3H2,1-2H3/b9-6+. The van der Waals surface area contributed by atoms with E-state index >= 15 is 0 Å². The van der Waals surface area contributed by atoms with Crippen molar-refractivity contribution in [1.82, 2.24) is 0 Å². The number of rotatable bonds is 5. The van der Waals surface area contributed by atoms with Gasteiger partial charge in [0.1, 0.15) is 17.8 Å². The molecule has 0 aliphatic carbocycles. The first kappa shape index (κ1) is 14.4.